The predicted octanol–water partition coefficient (Wildman–Crippen LogP) is 4.48. The van der Waals surface area contributed by atoms with Crippen LogP contribution in [-0.2, 0) is 10.3 Å². The van der Waals surface area contributed by atoms with Crippen molar-refractivity contribution in [2.75, 3.05) is 0 Å². The quantitative estimate of drug-likeness (QED) is 0.883. The third-order valence-electron chi connectivity index (χ3n) is 2.89. The van der Waals surface area contributed by atoms with E-state index in [-0.39, 0.29) is 0 Å². The zero-order valence-corrected chi connectivity index (χ0v) is 13.3. The number of rotatable bonds is 3. The van der Waals surface area contributed by atoms with Gasteiger partial charge in [-0.15, -0.1) is 0 Å². The van der Waals surface area contributed by atoms with Crippen LogP contribution < -0.4 is 5.32 Å². The number of carbonyl (C=O) groups is 1. The van der Waals surface area contributed by atoms with Gasteiger partial charge in [0.05, 0.1) is 5.54 Å². The molecule has 1 aromatic rings. The van der Waals surface area contributed by atoms with Crippen LogP contribution in [0.5, 0.6) is 0 Å². The Morgan fingerprint density at radius 1 is 1.20 bits per heavy atom. The van der Waals surface area contributed by atoms with Crippen molar-refractivity contribution in [1.29, 1.82) is 0 Å². The van der Waals surface area contributed by atoms with E-state index < -0.39 is 17.2 Å². The number of hydrogen-bond acceptors (Lipinski definition) is 2. The van der Waals surface area contributed by atoms with Gasteiger partial charge in [0.25, 0.3) is 0 Å². The zero-order chi connectivity index (χ0) is 15.6. The van der Waals surface area contributed by atoms with Gasteiger partial charge in [-0.3, -0.25) is 0 Å². The molecule has 1 amide bonds. The third-order valence-corrected chi connectivity index (χ3v) is 2.89. The van der Waals surface area contributed by atoms with Gasteiger partial charge in [-0.1, -0.05) is 30.4 Å². The number of amides is 1. The number of ether oxygens (including phenoxy) is 1. The molecule has 0 heterocycles. The maximum atomic E-state index is 11.9. The highest BCUT2D eigenvalue weighted by molar-refractivity contribution is 5.69. The van der Waals surface area contributed by atoms with E-state index in [2.05, 4.69) is 11.9 Å². The highest BCUT2D eigenvalue weighted by atomic mass is 16.6. The molecule has 1 rings (SSSR count). The van der Waals surface area contributed by atoms with E-state index in [1.807, 2.05) is 65.8 Å². The second-order valence-corrected chi connectivity index (χ2v) is 6.61. The standard InChI is InChI=1S/C17H25NO2/c1-12(2)13-9-8-10-14(11-13)17(6,7)18-15(19)20-16(3,4)5/h8-11H,1H2,2-7H3,(H,18,19). The lowest BCUT2D eigenvalue weighted by Crippen LogP contribution is -2.43. The van der Waals surface area contributed by atoms with Gasteiger partial charge in [-0.2, -0.15) is 0 Å². The molecule has 0 radical (unpaired) electrons. The van der Waals surface area contributed by atoms with Crippen LogP contribution in [-0.4, -0.2) is 11.7 Å². The second-order valence-electron chi connectivity index (χ2n) is 6.61. The van der Waals surface area contributed by atoms with Gasteiger partial charge in [0.15, 0.2) is 0 Å². The summed E-state index contributed by atoms with van der Waals surface area (Å²) in [5, 5.41) is 2.90. The van der Waals surface area contributed by atoms with Gasteiger partial charge in [-0.05, 0) is 58.7 Å². The summed E-state index contributed by atoms with van der Waals surface area (Å²) >= 11 is 0. The average molecular weight is 275 g/mol. The van der Waals surface area contributed by atoms with Crippen molar-refractivity contribution < 1.29 is 9.53 Å². The lowest BCUT2D eigenvalue weighted by Gasteiger charge is -2.29. The molecule has 0 aliphatic heterocycles. The second kappa shape index (κ2) is 5.70. The smallest absolute Gasteiger partial charge is 0.408 e. The molecule has 0 atom stereocenters. The Balaban J connectivity index is 2.90. The Labute approximate surface area is 122 Å². The Hall–Kier alpha value is -1.77. The fourth-order valence-electron chi connectivity index (χ4n) is 1.80. The number of nitrogens with one attached hydrogen (secondary N) is 1. The Kier molecular flexibility index (Phi) is 4.64. The molecule has 0 aliphatic rings. The molecule has 0 aliphatic carbocycles. The molecule has 0 spiro atoms. The molecule has 0 bridgehead atoms. The molecule has 0 saturated carbocycles. The minimum absolute atomic E-state index is 0.414. The molecule has 1 N–H and O–H groups in total. The summed E-state index contributed by atoms with van der Waals surface area (Å²) in [6, 6.07) is 8.01. The molecular formula is C17H25NO2. The van der Waals surface area contributed by atoms with Gasteiger partial charge in [0.1, 0.15) is 5.60 Å². The van der Waals surface area contributed by atoms with Crippen LogP contribution in [0.25, 0.3) is 5.57 Å². The molecule has 0 saturated heterocycles. The predicted molar refractivity (Wildman–Crippen MR) is 83.5 cm³/mol. The van der Waals surface area contributed by atoms with Gasteiger partial charge in [-0.25, -0.2) is 4.79 Å². The van der Waals surface area contributed by atoms with Crippen molar-refractivity contribution in [2.24, 2.45) is 0 Å². The van der Waals surface area contributed by atoms with Crippen LogP contribution in [0, 0.1) is 0 Å². The van der Waals surface area contributed by atoms with E-state index in [1.54, 1.807) is 0 Å². The molecule has 0 unspecified atom stereocenters. The molecule has 0 aromatic heterocycles. The first-order valence-corrected chi connectivity index (χ1v) is 6.79. The van der Waals surface area contributed by atoms with Crippen molar-refractivity contribution >= 4 is 11.7 Å². The Morgan fingerprint density at radius 3 is 2.30 bits per heavy atom. The summed E-state index contributed by atoms with van der Waals surface area (Å²) in [7, 11) is 0. The van der Waals surface area contributed by atoms with Gasteiger partial charge in [0, 0.05) is 0 Å². The summed E-state index contributed by atoms with van der Waals surface area (Å²) in [5.41, 5.74) is 2.08. The lowest BCUT2D eigenvalue weighted by molar-refractivity contribution is 0.0470. The van der Waals surface area contributed by atoms with Gasteiger partial charge < -0.3 is 10.1 Å². The minimum Gasteiger partial charge on any atom is -0.444 e. The topological polar surface area (TPSA) is 38.3 Å². The van der Waals surface area contributed by atoms with E-state index in [0.717, 1.165) is 16.7 Å². The van der Waals surface area contributed by atoms with E-state index in [9.17, 15) is 4.79 Å². The van der Waals surface area contributed by atoms with Crippen molar-refractivity contribution in [2.45, 2.75) is 52.7 Å². The Bertz CT molecular complexity index is 510. The maximum absolute atomic E-state index is 11.9. The van der Waals surface area contributed by atoms with Crippen LogP contribution in [0.3, 0.4) is 0 Å². The van der Waals surface area contributed by atoms with Crippen LogP contribution in [0.15, 0.2) is 30.8 Å². The molecule has 110 valence electrons. The van der Waals surface area contributed by atoms with Crippen molar-refractivity contribution in [3.05, 3.63) is 42.0 Å². The SMILES string of the molecule is C=C(C)c1cccc(C(C)(C)NC(=O)OC(C)(C)C)c1. The third kappa shape index (κ3) is 4.72. The summed E-state index contributed by atoms with van der Waals surface area (Å²) in [5.74, 6) is 0. The van der Waals surface area contributed by atoms with Crippen molar-refractivity contribution in [1.82, 2.24) is 5.32 Å². The molecule has 0 fully saturated rings. The molecule has 3 nitrogen and oxygen atoms in total. The van der Waals surface area contributed by atoms with Crippen LogP contribution in [0.1, 0.15) is 52.7 Å². The van der Waals surface area contributed by atoms with E-state index in [4.69, 9.17) is 4.74 Å². The Morgan fingerprint density at radius 2 is 1.80 bits per heavy atom. The maximum Gasteiger partial charge on any atom is 0.408 e. The number of hydrogen-bond donors (Lipinski definition) is 1. The van der Waals surface area contributed by atoms with Crippen molar-refractivity contribution in [3.63, 3.8) is 0 Å². The fourth-order valence-corrected chi connectivity index (χ4v) is 1.80. The number of alkyl carbamates (subject to hydrolysis) is 1. The van der Waals surface area contributed by atoms with Crippen LogP contribution in [0.2, 0.25) is 0 Å². The summed E-state index contributed by atoms with van der Waals surface area (Å²) in [6.07, 6.45) is -0.414. The average Bonchev–Trinajstić information content (AvgIpc) is 2.25. The molecule has 3 heteroatoms. The number of benzene rings is 1. The monoisotopic (exact) mass is 275 g/mol. The summed E-state index contributed by atoms with van der Waals surface area (Å²) in [4.78, 5) is 11.9. The van der Waals surface area contributed by atoms with Crippen LogP contribution in [0.4, 0.5) is 4.79 Å². The minimum atomic E-state index is -0.506. The van der Waals surface area contributed by atoms with E-state index in [1.165, 1.54) is 0 Å². The number of allylic oxidation sites excluding steroid dienone is 1. The first kappa shape index (κ1) is 16.3. The lowest BCUT2D eigenvalue weighted by atomic mass is 9.92. The number of carbonyl (C=O) groups excluding carboxylic acids is 1. The van der Waals surface area contributed by atoms with E-state index in [0.29, 0.717) is 0 Å². The van der Waals surface area contributed by atoms with E-state index >= 15 is 0 Å². The molecule has 1 aromatic carbocycles. The highest BCUT2D eigenvalue weighted by Gasteiger charge is 2.26. The van der Waals surface area contributed by atoms with Crippen molar-refractivity contribution in [3.8, 4) is 0 Å². The first-order chi connectivity index (χ1) is 9.01. The molecular weight excluding hydrogens is 250 g/mol. The van der Waals surface area contributed by atoms with Gasteiger partial charge >= 0.3 is 6.09 Å². The normalized spacial score (nSPS) is 11.9. The zero-order valence-electron chi connectivity index (χ0n) is 13.3. The van der Waals surface area contributed by atoms with Crippen LogP contribution >= 0.6 is 0 Å². The largest absolute Gasteiger partial charge is 0.444 e. The summed E-state index contributed by atoms with van der Waals surface area (Å²) in [6.45, 7) is 15.4. The first-order valence-electron chi connectivity index (χ1n) is 6.79. The fraction of sp³-hybridized carbons (Fsp3) is 0.471. The highest BCUT2D eigenvalue weighted by Crippen LogP contribution is 2.24. The molecule has 20 heavy (non-hydrogen) atoms. The van der Waals surface area contributed by atoms with Gasteiger partial charge in [0.2, 0.25) is 0 Å². The summed E-state index contributed by atoms with van der Waals surface area (Å²) < 4.78 is 5.31.